The van der Waals surface area contributed by atoms with Crippen molar-refractivity contribution in [3.05, 3.63) is 0 Å². The van der Waals surface area contributed by atoms with Crippen molar-refractivity contribution in [3.8, 4) is 0 Å². The minimum absolute atomic E-state index is 0.0461. The van der Waals surface area contributed by atoms with Crippen LogP contribution in [0.4, 0.5) is 13.2 Å². The third-order valence-corrected chi connectivity index (χ3v) is 2.75. The number of hydrogen-bond donors (Lipinski definition) is 2. The van der Waals surface area contributed by atoms with Gasteiger partial charge in [0.2, 0.25) is 0 Å². The molecule has 0 amide bonds. The van der Waals surface area contributed by atoms with Gasteiger partial charge < -0.3 is 15.2 Å². The predicted octanol–water partition coefficient (Wildman–Crippen LogP) is 2.58. The van der Waals surface area contributed by atoms with Crippen LogP contribution < -0.4 is 5.32 Å². The molecule has 0 fully saturated rings. The van der Waals surface area contributed by atoms with Crippen LogP contribution in [0, 0.1) is 0 Å². The molecule has 7 heteroatoms. The van der Waals surface area contributed by atoms with Crippen molar-refractivity contribution >= 4 is 5.97 Å². The maximum atomic E-state index is 11.8. The SMILES string of the molecule is CCNC(C)(CCCOCCCC(F)(F)F)C(=O)O. The molecule has 0 bridgehead atoms. The van der Waals surface area contributed by atoms with Gasteiger partial charge in [-0.3, -0.25) is 4.79 Å². The average molecular weight is 285 g/mol. The Morgan fingerprint density at radius 3 is 2.16 bits per heavy atom. The second-order valence-electron chi connectivity index (χ2n) is 4.60. The van der Waals surface area contributed by atoms with Crippen LogP contribution in [0.15, 0.2) is 0 Å². The minimum Gasteiger partial charge on any atom is -0.480 e. The van der Waals surface area contributed by atoms with Crippen molar-refractivity contribution in [1.82, 2.24) is 5.32 Å². The molecule has 0 aliphatic rings. The number of hydrogen-bond acceptors (Lipinski definition) is 3. The van der Waals surface area contributed by atoms with E-state index in [4.69, 9.17) is 9.84 Å². The number of carboxylic acid groups (broad SMARTS) is 1. The number of ether oxygens (including phenoxy) is 1. The van der Waals surface area contributed by atoms with Gasteiger partial charge in [0, 0.05) is 19.6 Å². The van der Waals surface area contributed by atoms with Crippen LogP contribution >= 0.6 is 0 Å². The maximum absolute atomic E-state index is 11.8. The van der Waals surface area contributed by atoms with Crippen LogP contribution in [0.3, 0.4) is 0 Å². The van der Waals surface area contributed by atoms with Crippen LogP contribution in [-0.4, -0.2) is 42.5 Å². The van der Waals surface area contributed by atoms with E-state index in [1.807, 2.05) is 6.92 Å². The second-order valence-corrected chi connectivity index (χ2v) is 4.60. The highest BCUT2D eigenvalue weighted by Crippen LogP contribution is 2.21. The molecule has 0 aliphatic heterocycles. The van der Waals surface area contributed by atoms with E-state index in [2.05, 4.69) is 5.32 Å². The van der Waals surface area contributed by atoms with Gasteiger partial charge in [-0.1, -0.05) is 6.92 Å². The van der Waals surface area contributed by atoms with E-state index in [0.29, 0.717) is 19.4 Å². The Morgan fingerprint density at radius 2 is 1.74 bits per heavy atom. The number of rotatable bonds is 10. The number of nitrogens with one attached hydrogen (secondary N) is 1. The number of carboxylic acids is 1. The molecule has 0 aromatic heterocycles. The molecular formula is C12H22F3NO3. The zero-order valence-corrected chi connectivity index (χ0v) is 11.3. The fourth-order valence-corrected chi connectivity index (χ4v) is 1.67. The first kappa shape index (κ1) is 18.2. The molecule has 0 radical (unpaired) electrons. The third kappa shape index (κ3) is 8.83. The Morgan fingerprint density at radius 1 is 1.21 bits per heavy atom. The molecule has 114 valence electrons. The van der Waals surface area contributed by atoms with Crippen LogP contribution in [0.1, 0.15) is 39.5 Å². The first-order valence-electron chi connectivity index (χ1n) is 6.34. The second kappa shape index (κ2) is 8.37. The molecule has 0 aliphatic carbocycles. The summed E-state index contributed by atoms with van der Waals surface area (Å²) in [6.45, 7) is 4.25. The standard InChI is InChI=1S/C12H22F3NO3/c1-3-16-11(2,10(17)18)6-4-8-19-9-5-7-12(13,14)15/h16H,3-9H2,1-2H3,(H,17,18). The van der Waals surface area contributed by atoms with Gasteiger partial charge in [0.25, 0.3) is 0 Å². The van der Waals surface area contributed by atoms with Crippen molar-refractivity contribution in [3.63, 3.8) is 0 Å². The Balaban J connectivity index is 3.70. The largest absolute Gasteiger partial charge is 0.480 e. The van der Waals surface area contributed by atoms with Gasteiger partial charge >= 0.3 is 12.1 Å². The lowest BCUT2D eigenvalue weighted by Crippen LogP contribution is -2.49. The van der Waals surface area contributed by atoms with Crippen molar-refractivity contribution in [2.75, 3.05) is 19.8 Å². The Labute approximate surface area is 111 Å². The summed E-state index contributed by atoms with van der Waals surface area (Å²) in [4.78, 5) is 11.1. The van der Waals surface area contributed by atoms with Crippen molar-refractivity contribution in [2.45, 2.75) is 51.2 Å². The summed E-state index contributed by atoms with van der Waals surface area (Å²) in [7, 11) is 0. The summed E-state index contributed by atoms with van der Waals surface area (Å²) in [5, 5.41) is 11.9. The summed E-state index contributed by atoms with van der Waals surface area (Å²) in [5.41, 5.74) is -1.01. The molecule has 0 saturated carbocycles. The Kier molecular flexibility index (Phi) is 8.01. The van der Waals surface area contributed by atoms with E-state index in [-0.39, 0.29) is 19.6 Å². The molecule has 0 saturated heterocycles. The van der Waals surface area contributed by atoms with Crippen LogP contribution in [0.25, 0.3) is 0 Å². The minimum atomic E-state index is -4.14. The number of likely N-dealkylation sites (N-methyl/N-ethyl adjacent to an activating group) is 1. The monoisotopic (exact) mass is 285 g/mol. The highest BCUT2D eigenvalue weighted by Gasteiger charge is 2.31. The molecule has 2 N–H and O–H groups in total. The van der Waals surface area contributed by atoms with E-state index in [0.717, 1.165) is 0 Å². The molecule has 0 heterocycles. The highest BCUT2D eigenvalue weighted by atomic mass is 19.4. The summed E-state index contributed by atoms with van der Waals surface area (Å²) in [6, 6.07) is 0. The molecule has 0 aromatic rings. The van der Waals surface area contributed by atoms with E-state index in [1.165, 1.54) is 0 Å². The average Bonchev–Trinajstić information content (AvgIpc) is 2.26. The van der Waals surface area contributed by atoms with Gasteiger partial charge in [0.05, 0.1) is 0 Å². The molecule has 0 rings (SSSR count). The first-order valence-corrected chi connectivity index (χ1v) is 6.34. The normalized spacial score (nSPS) is 15.2. The molecule has 0 aromatic carbocycles. The van der Waals surface area contributed by atoms with Gasteiger partial charge in [0.15, 0.2) is 0 Å². The van der Waals surface area contributed by atoms with Gasteiger partial charge in [-0.25, -0.2) is 0 Å². The van der Waals surface area contributed by atoms with Crippen LogP contribution in [0.2, 0.25) is 0 Å². The van der Waals surface area contributed by atoms with E-state index < -0.39 is 24.1 Å². The summed E-state index contributed by atoms with van der Waals surface area (Å²) in [5.74, 6) is -0.938. The van der Waals surface area contributed by atoms with E-state index >= 15 is 0 Å². The van der Waals surface area contributed by atoms with Gasteiger partial charge in [0.1, 0.15) is 5.54 Å². The molecule has 1 atom stereocenters. The summed E-state index contributed by atoms with van der Waals surface area (Å²) >= 11 is 0. The van der Waals surface area contributed by atoms with E-state index in [1.54, 1.807) is 6.92 Å². The molecule has 4 nitrogen and oxygen atoms in total. The van der Waals surface area contributed by atoms with Crippen molar-refractivity contribution in [2.24, 2.45) is 0 Å². The number of halogens is 3. The first-order chi connectivity index (χ1) is 8.71. The van der Waals surface area contributed by atoms with Crippen molar-refractivity contribution < 1.29 is 27.8 Å². The maximum Gasteiger partial charge on any atom is 0.389 e. The smallest absolute Gasteiger partial charge is 0.389 e. The zero-order chi connectivity index (χ0) is 14.9. The summed E-state index contributed by atoms with van der Waals surface area (Å²) in [6.07, 6.45) is -4.20. The topological polar surface area (TPSA) is 58.6 Å². The zero-order valence-electron chi connectivity index (χ0n) is 11.3. The molecule has 0 spiro atoms. The molecule has 19 heavy (non-hydrogen) atoms. The third-order valence-electron chi connectivity index (χ3n) is 2.75. The lowest BCUT2D eigenvalue weighted by Gasteiger charge is -2.25. The number of aliphatic carboxylic acids is 1. The lowest BCUT2D eigenvalue weighted by atomic mass is 9.96. The van der Waals surface area contributed by atoms with Crippen LogP contribution in [0.5, 0.6) is 0 Å². The predicted molar refractivity (Wildman–Crippen MR) is 65.1 cm³/mol. The van der Waals surface area contributed by atoms with E-state index in [9.17, 15) is 18.0 Å². The lowest BCUT2D eigenvalue weighted by molar-refractivity contribution is -0.145. The fourth-order valence-electron chi connectivity index (χ4n) is 1.67. The molecular weight excluding hydrogens is 263 g/mol. The van der Waals surface area contributed by atoms with Crippen molar-refractivity contribution in [1.29, 1.82) is 0 Å². The number of carbonyl (C=O) groups is 1. The highest BCUT2D eigenvalue weighted by molar-refractivity contribution is 5.78. The van der Waals surface area contributed by atoms with Gasteiger partial charge in [-0.15, -0.1) is 0 Å². The van der Waals surface area contributed by atoms with Gasteiger partial charge in [-0.05, 0) is 32.7 Å². The van der Waals surface area contributed by atoms with Gasteiger partial charge in [-0.2, -0.15) is 13.2 Å². The number of alkyl halides is 3. The quantitative estimate of drug-likeness (QED) is 0.606. The summed E-state index contributed by atoms with van der Waals surface area (Å²) < 4.78 is 40.6. The fraction of sp³-hybridized carbons (Fsp3) is 0.917. The molecule has 1 unspecified atom stereocenters. The van der Waals surface area contributed by atoms with Crippen LogP contribution in [-0.2, 0) is 9.53 Å². The Bertz CT molecular complexity index is 271. The Hall–Kier alpha value is -0.820.